The molecule has 0 saturated carbocycles. The van der Waals surface area contributed by atoms with E-state index < -0.39 is 0 Å². The van der Waals surface area contributed by atoms with E-state index in [4.69, 9.17) is 4.99 Å². The lowest BCUT2D eigenvalue weighted by Crippen LogP contribution is -2.13. The van der Waals surface area contributed by atoms with E-state index in [0.29, 0.717) is 0 Å². The molecule has 2 nitrogen and oxygen atoms in total. The predicted octanol–water partition coefficient (Wildman–Crippen LogP) is 6.14. The number of fused-ring (bicyclic) bond motifs is 2. The lowest BCUT2D eigenvalue weighted by atomic mass is 10.1. The highest BCUT2D eigenvalue weighted by molar-refractivity contribution is 5.93. The average molecular weight is 340 g/mol. The molecule has 4 aromatic rings. The second kappa shape index (κ2) is 7.17. The maximum absolute atomic E-state index is 5.05. The summed E-state index contributed by atoms with van der Waals surface area (Å²) in [7, 11) is 0. The summed E-state index contributed by atoms with van der Waals surface area (Å²) in [6, 6.07) is 25.6. The van der Waals surface area contributed by atoms with Crippen molar-refractivity contribution in [2.75, 3.05) is 0 Å². The van der Waals surface area contributed by atoms with Gasteiger partial charge < -0.3 is 4.57 Å². The van der Waals surface area contributed by atoms with E-state index in [1.807, 2.05) is 18.2 Å². The normalized spacial score (nSPS) is 12.2. The molecule has 0 bridgehead atoms. The molecule has 0 saturated heterocycles. The van der Waals surface area contributed by atoms with Crippen LogP contribution >= 0.6 is 0 Å². The molecule has 2 heteroatoms. The van der Waals surface area contributed by atoms with Crippen LogP contribution in [0.5, 0.6) is 0 Å². The molecule has 130 valence electrons. The maximum Gasteiger partial charge on any atom is 0.0823 e. The van der Waals surface area contributed by atoms with Gasteiger partial charge in [-0.2, -0.15) is 0 Å². The molecule has 1 aromatic heterocycles. The average Bonchev–Trinajstić information content (AvgIpc) is 2.68. The van der Waals surface area contributed by atoms with Crippen molar-refractivity contribution in [3.8, 4) is 0 Å². The summed E-state index contributed by atoms with van der Waals surface area (Å²) >= 11 is 0. The highest BCUT2D eigenvalue weighted by Crippen LogP contribution is 2.22. The van der Waals surface area contributed by atoms with Gasteiger partial charge >= 0.3 is 0 Å². The van der Waals surface area contributed by atoms with Crippen LogP contribution in [-0.4, -0.2) is 4.57 Å². The van der Waals surface area contributed by atoms with E-state index >= 15 is 0 Å². The van der Waals surface area contributed by atoms with Crippen LogP contribution in [0.1, 0.15) is 25.3 Å². The summed E-state index contributed by atoms with van der Waals surface area (Å²) in [5.41, 5.74) is 4.77. The Hall–Kier alpha value is -2.87. The number of hydrogen-bond donors (Lipinski definition) is 0. The summed E-state index contributed by atoms with van der Waals surface area (Å²) < 4.78 is 2.46. The van der Waals surface area contributed by atoms with Crippen molar-refractivity contribution in [3.63, 3.8) is 0 Å². The second-order valence-electron chi connectivity index (χ2n) is 6.84. The lowest BCUT2D eigenvalue weighted by molar-refractivity contribution is 0.662. The fourth-order valence-corrected chi connectivity index (χ4v) is 3.57. The maximum atomic E-state index is 5.05. The molecule has 0 N–H and O–H groups in total. The number of hydrogen-bond acceptors (Lipinski definition) is 1. The molecule has 0 fully saturated rings. The topological polar surface area (TPSA) is 17.3 Å². The standard InChI is InChI=1S/C24H24N2/c1-3-4-16-26-22-13-9-8-12-20(22)24(25-19-10-6-5-7-11-19)21-17-18(2)14-15-23(21)26/h5-15,17H,3-4,16H2,1-2H3. The first-order valence-electron chi connectivity index (χ1n) is 9.39. The van der Waals surface area contributed by atoms with Crippen LogP contribution in [0.25, 0.3) is 21.8 Å². The molecule has 0 aliphatic rings. The zero-order valence-corrected chi connectivity index (χ0v) is 15.4. The number of nitrogens with zero attached hydrogens (tertiary/aromatic N) is 2. The van der Waals surface area contributed by atoms with Gasteiger partial charge in [-0.25, -0.2) is 4.99 Å². The number of rotatable bonds is 4. The van der Waals surface area contributed by atoms with Gasteiger partial charge in [-0.05, 0) is 43.7 Å². The number of benzene rings is 3. The molecule has 0 radical (unpaired) electrons. The van der Waals surface area contributed by atoms with Crippen molar-refractivity contribution in [3.05, 3.63) is 83.7 Å². The van der Waals surface area contributed by atoms with Gasteiger partial charge in [0.1, 0.15) is 0 Å². The van der Waals surface area contributed by atoms with Crippen molar-refractivity contribution in [2.45, 2.75) is 33.2 Å². The molecule has 4 rings (SSSR count). The van der Waals surface area contributed by atoms with E-state index in [9.17, 15) is 0 Å². The first kappa shape index (κ1) is 16.6. The van der Waals surface area contributed by atoms with Crippen LogP contribution in [0.15, 0.2) is 77.8 Å². The zero-order valence-electron chi connectivity index (χ0n) is 15.4. The van der Waals surface area contributed by atoms with Crippen LogP contribution in [0.2, 0.25) is 0 Å². The minimum atomic E-state index is 0.992. The van der Waals surface area contributed by atoms with Gasteiger partial charge in [0, 0.05) is 17.3 Å². The number of pyridine rings is 1. The van der Waals surface area contributed by atoms with Gasteiger partial charge in [0.05, 0.1) is 22.1 Å². The van der Waals surface area contributed by atoms with Crippen LogP contribution in [0.3, 0.4) is 0 Å². The number of para-hydroxylation sites is 2. The van der Waals surface area contributed by atoms with E-state index in [1.54, 1.807) is 0 Å². The molecular formula is C24H24N2. The first-order chi connectivity index (χ1) is 12.8. The Kier molecular flexibility index (Phi) is 4.57. The molecule has 26 heavy (non-hydrogen) atoms. The fraction of sp³-hybridized carbons (Fsp3) is 0.208. The molecule has 0 aliphatic carbocycles. The van der Waals surface area contributed by atoms with Crippen LogP contribution < -0.4 is 5.36 Å². The number of unbranched alkanes of at least 4 members (excludes halogenated alkanes) is 1. The van der Waals surface area contributed by atoms with Gasteiger partial charge in [-0.3, -0.25) is 0 Å². The zero-order chi connectivity index (χ0) is 17.9. The van der Waals surface area contributed by atoms with Crippen molar-refractivity contribution in [1.29, 1.82) is 0 Å². The summed E-state index contributed by atoms with van der Waals surface area (Å²) in [5, 5.41) is 3.51. The summed E-state index contributed by atoms with van der Waals surface area (Å²) in [6.45, 7) is 5.42. The first-order valence-corrected chi connectivity index (χ1v) is 9.39. The second-order valence-corrected chi connectivity index (χ2v) is 6.84. The summed E-state index contributed by atoms with van der Waals surface area (Å²) in [5.74, 6) is 0. The lowest BCUT2D eigenvalue weighted by Gasteiger charge is -2.16. The van der Waals surface area contributed by atoms with E-state index in [-0.39, 0.29) is 0 Å². The van der Waals surface area contributed by atoms with Crippen LogP contribution in [0, 0.1) is 6.92 Å². The molecule has 1 heterocycles. The third-order valence-corrected chi connectivity index (χ3v) is 4.88. The molecule has 0 unspecified atom stereocenters. The summed E-state index contributed by atoms with van der Waals surface area (Å²) in [6.07, 6.45) is 2.36. The quantitative estimate of drug-likeness (QED) is 0.397. The SMILES string of the molecule is CCCCn1c2ccccc2c(=Nc2ccccc2)c2cc(C)ccc21. The molecule has 0 atom stereocenters. The van der Waals surface area contributed by atoms with Gasteiger partial charge in [0.2, 0.25) is 0 Å². The van der Waals surface area contributed by atoms with Gasteiger partial charge in [0.25, 0.3) is 0 Å². The van der Waals surface area contributed by atoms with Crippen LogP contribution in [-0.2, 0) is 6.54 Å². The van der Waals surface area contributed by atoms with E-state index in [1.165, 1.54) is 40.2 Å². The van der Waals surface area contributed by atoms with Crippen molar-refractivity contribution in [1.82, 2.24) is 4.57 Å². The molecule has 3 aromatic carbocycles. The van der Waals surface area contributed by atoms with Crippen LogP contribution in [0.4, 0.5) is 5.69 Å². The van der Waals surface area contributed by atoms with Gasteiger partial charge in [-0.15, -0.1) is 0 Å². The highest BCUT2D eigenvalue weighted by Gasteiger charge is 2.09. The molecule has 0 spiro atoms. The predicted molar refractivity (Wildman–Crippen MR) is 111 cm³/mol. The van der Waals surface area contributed by atoms with E-state index in [0.717, 1.165) is 17.6 Å². The minimum Gasteiger partial charge on any atom is -0.340 e. The molecular weight excluding hydrogens is 316 g/mol. The van der Waals surface area contributed by atoms with E-state index in [2.05, 4.69) is 73.0 Å². The van der Waals surface area contributed by atoms with Crippen molar-refractivity contribution < 1.29 is 0 Å². The number of aryl methyl sites for hydroxylation is 2. The molecule has 0 aliphatic heterocycles. The number of aromatic nitrogens is 1. The smallest absolute Gasteiger partial charge is 0.0823 e. The third-order valence-electron chi connectivity index (χ3n) is 4.88. The Morgan fingerprint density at radius 2 is 1.54 bits per heavy atom. The highest BCUT2D eigenvalue weighted by atomic mass is 15.0. The van der Waals surface area contributed by atoms with Crippen molar-refractivity contribution >= 4 is 27.5 Å². The Morgan fingerprint density at radius 1 is 0.808 bits per heavy atom. The Bertz CT molecular complexity index is 1120. The van der Waals surface area contributed by atoms with Gasteiger partial charge in [-0.1, -0.05) is 61.4 Å². The summed E-state index contributed by atoms with van der Waals surface area (Å²) in [4.78, 5) is 5.05. The third kappa shape index (κ3) is 3.03. The molecule has 0 amide bonds. The largest absolute Gasteiger partial charge is 0.340 e. The Morgan fingerprint density at radius 3 is 2.35 bits per heavy atom. The fourth-order valence-electron chi connectivity index (χ4n) is 3.57. The Balaban J connectivity index is 2.16. The Labute approximate surface area is 154 Å². The van der Waals surface area contributed by atoms with Gasteiger partial charge in [0.15, 0.2) is 0 Å². The monoisotopic (exact) mass is 340 g/mol. The minimum absolute atomic E-state index is 0.992. The van der Waals surface area contributed by atoms with Crippen molar-refractivity contribution in [2.24, 2.45) is 4.99 Å².